The van der Waals surface area contributed by atoms with Crippen LogP contribution < -0.4 is 5.32 Å². The van der Waals surface area contributed by atoms with Crippen LogP contribution in [0.2, 0.25) is 0 Å². The van der Waals surface area contributed by atoms with Crippen LogP contribution in [0.15, 0.2) is 12.7 Å². The minimum atomic E-state index is -0.817. The van der Waals surface area contributed by atoms with Gasteiger partial charge in [0.25, 0.3) is 5.91 Å². The number of ether oxygens (including phenoxy) is 2. The molecule has 0 aliphatic carbocycles. The van der Waals surface area contributed by atoms with Crippen LogP contribution in [0.3, 0.4) is 0 Å². The molecule has 3 rings (SSSR count). The van der Waals surface area contributed by atoms with E-state index in [9.17, 15) is 14.4 Å². The Morgan fingerprint density at radius 2 is 2.27 bits per heavy atom. The average Bonchev–Trinajstić information content (AvgIpc) is 2.89. The molecule has 120 valence electrons. The number of hydrogen-bond donors (Lipinski definition) is 1. The van der Waals surface area contributed by atoms with Gasteiger partial charge in [0.05, 0.1) is 17.6 Å². The second kappa shape index (κ2) is 5.08. The summed E-state index contributed by atoms with van der Waals surface area (Å²) in [5.41, 5.74) is -0.715. The third kappa shape index (κ3) is 2.11. The predicted molar refractivity (Wildman–Crippen MR) is 75.7 cm³/mol. The molecule has 0 radical (unpaired) electrons. The van der Waals surface area contributed by atoms with Crippen LogP contribution in [0.25, 0.3) is 0 Å². The molecule has 0 unspecified atom stereocenters. The van der Waals surface area contributed by atoms with Crippen molar-refractivity contribution in [2.75, 3.05) is 13.2 Å². The van der Waals surface area contributed by atoms with Crippen molar-refractivity contribution in [1.29, 1.82) is 0 Å². The van der Waals surface area contributed by atoms with Gasteiger partial charge < -0.3 is 14.4 Å². The molecule has 0 aromatic rings. The van der Waals surface area contributed by atoms with Gasteiger partial charge in [-0.1, -0.05) is 19.6 Å². The first-order valence-electron chi connectivity index (χ1n) is 7.44. The molecule has 0 bridgehead atoms. The first kappa shape index (κ1) is 15.0. The molecule has 7 heteroatoms. The van der Waals surface area contributed by atoms with E-state index in [2.05, 4.69) is 11.9 Å². The lowest BCUT2D eigenvalue weighted by atomic mass is 9.77. The maximum absolute atomic E-state index is 12.3. The summed E-state index contributed by atoms with van der Waals surface area (Å²) in [6.07, 6.45) is 0.863. The number of hydrogen-bond acceptors (Lipinski definition) is 5. The number of carbonyl (C=O) groups excluding carboxylic acids is 3. The van der Waals surface area contributed by atoms with Crippen LogP contribution in [-0.4, -0.2) is 53.7 Å². The lowest BCUT2D eigenvalue weighted by molar-refractivity contribution is -0.140. The van der Waals surface area contributed by atoms with Gasteiger partial charge in [-0.3, -0.25) is 14.9 Å². The van der Waals surface area contributed by atoms with E-state index in [4.69, 9.17) is 9.47 Å². The molecule has 3 aliphatic heterocycles. The Morgan fingerprint density at radius 1 is 1.55 bits per heavy atom. The highest BCUT2D eigenvalue weighted by atomic mass is 16.6. The summed E-state index contributed by atoms with van der Waals surface area (Å²) >= 11 is 0. The Bertz CT molecular complexity index is 548. The van der Waals surface area contributed by atoms with Gasteiger partial charge in [-0.25, -0.2) is 4.79 Å². The van der Waals surface area contributed by atoms with Gasteiger partial charge in [-0.2, -0.15) is 0 Å². The molecule has 0 aromatic heterocycles. The largest absolute Gasteiger partial charge is 0.445 e. The summed E-state index contributed by atoms with van der Waals surface area (Å²) < 4.78 is 11.1. The molecule has 7 nitrogen and oxygen atoms in total. The van der Waals surface area contributed by atoms with Crippen molar-refractivity contribution in [1.82, 2.24) is 10.2 Å². The van der Waals surface area contributed by atoms with E-state index in [1.165, 1.54) is 6.08 Å². The number of carbonyl (C=O) groups is 3. The summed E-state index contributed by atoms with van der Waals surface area (Å²) in [5, 5.41) is 2.29. The van der Waals surface area contributed by atoms with Crippen LogP contribution in [-0.2, 0) is 19.1 Å². The van der Waals surface area contributed by atoms with Gasteiger partial charge in [0.2, 0.25) is 5.91 Å². The second-order valence-corrected chi connectivity index (χ2v) is 6.50. The first-order valence-corrected chi connectivity index (χ1v) is 7.44. The van der Waals surface area contributed by atoms with E-state index >= 15 is 0 Å². The fourth-order valence-corrected chi connectivity index (χ4v) is 4.05. The van der Waals surface area contributed by atoms with Crippen LogP contribution in [0, 0.1) is 11.8 Å². The molecule has 0 spiro atoms. The van der Waals surface area contributed by atoms with Crippen LogP contribution in [0.1, 0.15) is 20.3 Å². The highest BCUT2D eigenvalue weighted by Gasteiger charge is 2.65. The maximum atomic E-state index is 12.3. The summed E-state index contributed by atoms with van der Waals surface area (Å²) in [6, 6.07) is -0.488. The number of likely N-dealkylation sites (tertiary alicyclic amines) is 1. The third-order valence-electron chi connectivity index (χ3n) is 4.65. The number of nitrogens with one attached hydrogen (secondary N) is 1. The quantitative estimate of drug-likeness (QED) is 0.591. The molecule has 3 aliphatic rings. The van der Waals surface area contributed by atoms with E-state index < -0.39 is 35.7 Å². The zero-order chi connectivity index (χ0) is 16.1. The van der Waals surface area contributed by atoms with E-state index in [1.54, 1.807) is 4.90 Å². The Hall–Kier alpha value is -1.89. The lowest BCUT2D eigenvalue weighted by Gasteiger charge is -2.46. The van der Waals surface area contributed by atoms with Gasteiger partial charge in [-0.15, -0.1) is 0 Å². The van der Waals surface area contributed by atoms with Gasteiger partial charge >= 0.3 is 6.09 Å². The number of imide groups is 1. The number of amides is 3. The smallest absolute Gasteiger partial charge is 0.410 e. The highest BCUT2D eigenvalue weighted by Crippen LogP contribution is 2.47. The monoisotopic (exact) mass is 308 g/mol. The molecule has 3 fully saturated rings. The topological polar surface area (TPSA) is 84.9 Å². The number of nitrogens with zero attached hydrogens (tertiary/aromatic N) is 1. The fourth-order valence-electron chi connectivity index (χ4n) is 4.05. The van der Waals surface area contributed by atoms with Crippen LogP contribution in [0.5, 0.6) is 0 Å². The van der Waals surface area contributed by atoms with Crippen molar-refractivity contribution in [3.8, 4) is 0 Å². The number of piperidine rings is 1. The molecular weight excluding hydrogens is 288 g/mol. The third-order valence-corrected chi connectivity index (χ3v) is 4.65. The predicted octanol–water partition coefficient (Wildman–Crippen LogP) is 0.449. The Kier molecular flexibility index (Phi) is 3.47. The molecule has 3 saturated heterocycles. The summed E-state index contributed by atoms with van der Waals surface area (Å²) in [4.78, 5) is 37.9. The average molecular weight is 308 g/mol. The van der Waals surface area contributed by atoms with Crippen LogP contribution >= 0.6 is 0 Å². The summed E-state index contributed by atoms with van der Waals surface area (Å²) in [7, 11) is 0. The fraction of sp³-hybridized carbons (Fsp3) is 0.667. The van der Waals surface area contributed by atoms with Crippen molar-refractivity contribution in [3.63, 3.8) is 0 Å². The summed E-state index contributed by atoms with van der Waals surface area (Å²) in [6.45, 7) is 7.97. The highest BCUT2D eigenvalue weighted by molar-refractivity contribution is 6.07. The molecule has 0 aromatic carbocycles. The Labute approximate surface area is 128 Å². The van der Waals surface area contributed by atoms with Gasteiger partial charge in [0, 0.05) is 6.54 Å². The molecule has 3 amide bonds. The van der Waals surface area contributed by atoms with E-state index in [0.29, 0.717) is 13.0 Å². The normalized spacial score (nSPS) is 40.0. The van der Waals surface area contributed by atoms with E-state index in [-0.39, 0.29) is 18.4 Å². The van der Waals surface area contributed by atoms with Gasteiger partial charge in [-0.05, 0) is 19.3 Å². The van der Waals surface area contributed by atoms with Gasteiger partial charge in [0.15, 0.2) is 6.10 Å². The first-order chi connectivity index (χ1) is 10.4. The maximum Gasteiger partial charge on any atom is 0.410 e. The molecule has 0 saturated carbocycles. The van der Waals surface area contributed by atoms with Crippen molar-refractivity contribution >= 4 is 17.9 Å². The summed E-state index contributed by atoms with van der Waals surface area (Å²) in [5.74, 6) is -1.27. The Balaban J connectivity index is 1.93. The number of fused-ring (bicyclic) bond motifs is 3. The van der Waals surface area contributed by atoms with E-state index in [0.717, 1.165) is 0 Å². The standard InChI is InChI=1S/C15H20N2O5/c1-4-5-21-14(20)17-7-8(2)6-15(3)11(17)9-10(22-15)13(19)16-12(9)18/h4,8-11H,1,5-7H2,2-3H3,(H,16,18,19)/t8-,9-,10-,11-,15-/m0/s1. The second-order valence-electron chi connectivity index (χ2n) is 6.50. The van der Waals surface area contributed by atoms with Crippen molar-refractivity contribution in [2.24, 2.45) is 11.8 Å². The molecule has 1 N–H and O–H groups in total. The SMILES string of the molecule is C=CCOC(=O)N1C[C@@H](C)C[C@]2(C)O[C@@H]3C(=O)NC(=O)[C@@H]3[C@H]12. The Morgan fingerprint density at radius 3 is 2.95 bits per heavy atom. The minimum absolute atomic E-state index is 0.104. The zero-order valence-corrected chi connectivity index (χ0v) is 12.7. The molecule has 3 heterocycles. The van der Waals surface area contributed by atoms with Crippen molar-refractivity contribution in [2.45, 2.75) is 38.0 Å². The zero-order valence-electron chi connectivity index (χ0n) is 12.7. The van der Waals surface area contributed by atoms with Gasteiger partial charge in [0.1, 0.15) is 6.61 Å². The van der Waals surface area contributed by atoms with Crippen molar-refractivity contribution in [3.05, 3.63) is 12.7 Å². The molecule has 22 heavy (non-hydrogen) atoms. The van der Waals surface area contributed by atoms with Crippen molar-refractivity contribution < 1.29 is 23.9 Å². The number of rotatable bonds is 2. The molecular formula is C15H20N2O5. The van der Waals surface area contributed by atoms with E-state index in [1.807, 2.05) is 13.8 Å². The minimum Gasteiger partial charge on any atom is -0.445 e. The molecule has 5 atom stereocenters. The van der Waals surface area contributed by atoms with Crippen LogP contribution in [0.4, 0.5) is 4.79 Å². The lowest BCUT2D eigenvalue weighted by Crippen LogP contribution is -2.60.